The lowest BCUT2D eigenvalue weighted by Gasteiger charge is -2.27. The first-order valence-corrected chi connectivity index (χ1v) is 10.1. The number of aryl methyl sites for hydroxylation is 1. The molecule has 2 aromatic rings. The molecule has 0 radical (unpaired) electrons. The van der Waals surface area contributed by atoms with Gasteiger partial charge in [-0.15, -0.1) is 0 Å². The lowest BCUT2D eigenvalue weighted by molar-refractivity contribution is 0.127. The monoisotopic (exact) mass is 403 g/mol. The van der Waals surface area contributed by atoms with Gasteiger partial charge in [0.1, 0.15) is 11.6 Å². The highest BCUT2D eigenvalue weighted by Gasteiger charge is 2.34. The zero-order valence-corrected chi connectivity index (χ0v) is 17.1. The van der Waals surface area contributed by atoms with Gasteiger partial charge in [0.2, 0.25) is 0 Å². The van der Waals surface area contributed by atoms with Crippen molar-refractivity contribution >= 4 is 5.96 Å². The summed E-state index contributed by atoms with van der Waals surface area (Å²) in [5.41, 5.74) is 1.20. The zero-order valence-electron chi connectivity index (χ0n) is 17.1. The number of nitrogens with zero attached hydrogens (tertiary/aromatic N) is 3. The Morgan fingerprint density at radius 2 is 2.28 bits per heavy atom. The molecule has 158 valence electrons. The van der Waals surface area contributed by atoms with Crippen molar-refractivity contribution in [3.05, 3.63) is 47.8 Å². The molecule has 0 bridgehead atoms. The Balaban J connectivity index is 1.67. The SMILES string of the molecule is CCNC(=NCc1ccc(-n2ccnc2C)c(F)c1)NCC1(CCO)CCOC1. The van der Waals surface area contributed by atoms with Crippen molar-refractivity contribution in [2.45, 2.75) is 33.2 Å². The molecule has 0 saturated carbocycles. The third-order valence-electron chi connectivity index (χ3n) is 5.32. The fourth-order valence-corrected chi connectivity index (χ4v) is 3.57. The number of aliphatic hydroxyl groups excluding tert-OH is 1. The van der Waals surface area contributed by atoms with Crippen LogP contribution < -0.4 is 10.6 Å². The Hall–Kier alpha value is -2.45. The molecule has 7 nitrogen and oxygen atoms in total. The molecule has 8 heteroatoms. The number of aromatic nitrogens is 2. The number of imidazole rings is 1. The van der Waals surface area contributed by atoms with E-state index < -0.39 is 0 Å². The summed E-state index contributed by atoms with van der Waals surface area (Å²) in [7, 11) is 0. The highest BCUT2D eigenvalue weighted by Crippen LogP contribution is 2.31. The minimum absolute atomic E-state index is 0.0681. The number of ether oxygens (including phenoxy) is 1. The smallest absolute Gasteiger partial charge is 0.191 e. The van der Waals surface area contributed by atoms with Gasteiger partial charge in [-0.2, -0.15) is 0 Å². The maximum atomic E-state index is 14.6. The van der Waals surface area contributed by atoms with Gasteiger partial charge in [0.25, 0.3) is 0 Å². The lowest BCUT2D eigenvalue weighted by Crippen LogP contribution is -2.44. The van der Waals surface area contributed by atoms with E-state index in [1.807, 2.05) is 19.9 Å². The van der Waals surface area contributed by atoms with Crippen LogP contribution in [0.3, 0.4) is 0 Å². The van der Waals surface area contributed by atoms with E-state index >= 15 is 0 Å². The number of hydrogen-bond acceptors (Lipinski definition) is 4. The Labute approximate surface area is 171 Å². The van der Waals surface area contributed by atoms with Crippen LogP contribution in [0.5, 0.6) is 0 Å². The quantitative estimate of drug-likeness (QED) is 0.465. The molecule has 2 heterocycles. The maximum Gasteiger partial charge on any atom is 0.191 e. The predicted molar refractivity (Wildman–Crippen MR) is 111 cm³/mol. The van der Waals surface area contributed by atoms with E-state index in [-0.39, 0.29) is 17.8 Å². The van der Waals surface area contributed by atoms with Crippen molar-refractivity contribution in [2.75, 3.05) is 32.9 Å². The van der Waals surface area contributed by atoms with Crippen LogP contribution in [0.15, 0.2) is 35.6 Å². The van der Waals surface area contributed by atoms with Crippen LogP contribution in [0.2, 0.25) is 0 Å². The summed E-state index contributed by atoms with van der Waals surface area (Å²) in [6, 6.07) is 5.14. The third kappa shape index (κ3) is 5.33. The number of halogens is 1. The van der Waals surface area contributed by atoms with Gasteiger partial charge in [-0.3, -0.25) is 0 Å². The molecular formula is C21H30FN5O2. The first-order valence-electron chi connectivity index (χ1n) is 10.1. The summed E-state index contributed by atoms with van der Waals surface area (Å²) in [6.45, 7) is 7.10. The predicted octanol–water partition coefficient (Wildman–Crippen LogP) is 2.16. The topological polar surface area (TPSA) is 83.7 Å². The van der Waals surface area contributed by atoms with Crippen molar-refractivity contribution in [1.29, 1.82) is 0 Å². The fourth-order valence-electron chi connectivity index (χ4n) is 3.57. The van der Waals surface area contributed by atoms with Gasteiger partial charge in [-0.1, -0.05) is 6.07 Å². The maximum absolute atomic E-state index is 14.6. The molecular weight excluding hydrogens is 373 g/mol. The Bertz CT molecular complexity index is 830. The first kappa shape index (κ1) is 21.3. The summed E-state index contributed by atoms with van der Waals surface area (Å²) in [5, 5.41) is 16.0. The molecule has 1 unspecified atom stereocenters. The number of hydrogen-bond donors (Lipinski definition) is 3. The molecule has 3 rings (SSSR count). The van der Waals surface area contributed by atoms with Crippen LogP contribution in [-0.4, -0.2) is 53.5 Å². The summed E-state index contributed by atoms with van der Waals surface area (Å²) in [6.07, 6.45) is 5.01. The molecule has 1 fully saturated rings. The zero-order chi connectivity index (χ0) is 20.7. The molecule has 0 amide bonds. The van der Waals surface area contributed by atoms with Crippen molar-refractivity contribution < 1.29 is 14.2 Å². The number of benzene rings is 1. The van der Waals surface area contributed by atoms with Gasteiger partial charge in [0.05, 0.1) is 18.8 Å². The van der Waals surface area contributed by atoms with Gasteiger partial charge < -0.3 is 25.0 Å². The van der Waals surface area contributed by atoms with Crippen LogP contribution in [0, 0.1) is 18.2 Å². The van der Waals surface area contributed by atoms with Crippen molar-refractivity contribution in [3.8, 4) is 5.69 Å². The minimum Gasteiger partial charge on any atom is -0.396 e. The molecule has 0 aliphatic carbocycles. The summed E-state index contributed by atoms with van der Waals surface area (Å²) >= 11 is 0. The number of guanidine groups is 1. The van der Waals surface area contributed by atoms with Crippen molar-refractivity contribution in [3.63, 3.8) is 0 Å². The molecule has 1 saturated heterocycles. The van der Waals surface area contributed by atoms with E-state index in [1.54, 1.807) is 23.0 Å². The minimum atomic E-state index is -0.304. The van der Waals surface area contributed by atoms with E-state index in [2.05, 4.69) is 20.6 Å². The molecule has 1 aromatic heterocycles. The summed E-state index contributed by atoms with van der Waals surface area (Å²) in [4.78, 5) is 8.73. The average Bonchev–Trinajstić information content (AvgIpc) is 3.34. The van der Waals surface area contributed by atoms with Gasteiger partial charge in [0, 0.05) is 44.1 Å². The van der Waals surface area contributed by atoms with E-state index in [0.717, 1.165) is 31.0 Å². The Kier molecular flexibility index (Phi) is 7.22. The normalized spacial score (nSPS) is 19.5. The van der Waals surface area contributed by atoms with E-state index in [1.165, 1.54) is 6.07 Å². The second-order valence-corrected chi connectivity index (χ2v) is 7.46. The number of aliphatic imine (C=N–C) groups is 1. The van der Waals surface area contributed by atoms with Crippen molar-refractivity contribution in [2.24, 2.45) is 10.4 Å². The summed E-state index contributed by atoms with van der Waals surface area (Å²) in [5.74, 6) is 1.11. The molecule has 0 spiro atoms. The van der Waals surface area contributed by atoms with E-state index in [0.29, 0.717) is 37.8 Å². The van der Waals surface area contributed by atoms with Crippen LogP contribution in [0.1, 0.15) is 31.2 Å². The highest BCUT2D eigenvalue weighted by molar-refractivity contribution is 5.79. The second-order valence-electron chi connectivity index (χ2n) is 7.46. The van der Waals surface area contributed by atoms with E-state index in [9.17, 15) is 9.50 Å². The largest absolute Gasteiger partial charge is 0.396 e. The molecule has 3 N–H and O–H groups in total. The highest BCUT2D eigenvalue weighted by atomic mass is 19.1. The molecule has 29 heavy (non-hydrogen) atoms. The fraction of sp³-hybridized carbons (Fsp3) is 0.524. The Morgan fingerprint density at radius 1 is 1.41 bits per heavy atom. The van der Waals surface area contributed by atoms with Crippen LogP contribution in [0.25, 0.3) is 5.69 Å². The van der Waals surface area contributed by atoms with Gasteiger partial charge in [-0.05, 0) is 44.4 Å². The van der Waals surface area contributed by atoms with Crippen LogP contribution in [0.4, 0.5) is 4.39 Å². The second kappa shape index (κ2) is 9.84. The molecule has 1 aliphatic heterocycles. The first-order chi connectivity index (χ1) is 14.1. The number of nitrogens with one attached hydrogen (secondary N) is 2. The van der Waals surface area contributed by atoms with Gasteiger partial charge in [0.15, 0.2) is 5.96 Å². The van der Waals surface area contributed by atoms with E-state index in [4.69, 9.17) is 4.74 Å². The van der Waals surface area contributed by atoms with Gasteiger partial charge in [-0.25, -0.2) is 14.4 Å². The lowest BCUT2D eigenvalue weighted by atomic mass is 9.84. The average molecular weight is 404 g/mol. The Morgan fingerprint density at radius 3 is 2.90 bits per heavy atom. The van der Waals surface area contributed by atoms with Crippen LogP contribution in [-0.2, 0) is 11.3 Å². The van der Waals surface area contributed by atoms with Crippen molar-refractivity contribution in [1.82, 2.24) is 20.2 Å². The summed E-state index contributed by atoms with van der Waals surface area (Å²) < 4.78 is 21.8. The molecule has 1 aliphatic rings. The standard InChI is InChI=1S/C21H30FN5O2/c1-3-23-20(26-14-21(6-10-28)7-11-29-15-21)25-13-17-4-5-19(18(22)12-17)27-9-8-24-16(27)2/h4-5,8-9,12,28H,3,6-7,10-11,13-15H2,1-2H3,(H2,23,25,26). The third-order valence-corrected chi connectivity index (χ3v) is 5.32. The number of aliphatic hydroxyl groups is 1. The van der Waals surface area contributed by atoms with Gasteiger partial charge >= 0.3 is 0 Å². The molecule has 1 aromatic carbocycles. The van der Waals surface area contributed by atoms with Crippen LogP contribution >= 0.6 is 0 Å². The number of rotatable bonds is 8. The molecule has 1 atom stereocenters.